The van der Waals surface area contributed by atoms with Gasteiger partial charge in [0.25, 0.3) is 0 Å². The number of aromatic hydroxyl groups is 1. The number of H-pyrrole nitrogens is 1. The number of hydrogen-bond donors (Lipinski definition) is 2. The third kappa shape index (κ3) is 3.07. The molecule has 0 atom stereocenters. The van der Waals surface area contributed by atoms with Gasteiger partial charge in [-0.2, -0.15) is 5.26 Å². The van der Waals surface area contributed by atoms with Crippen LogP contribution in [0.3, 0.4) is 0 Å². The van der Waals surface area contributed by atoms with Crippen LogP contribution in [0.15, 0.2) is 34.1 Å². The molecule has 4 rings (SSSR count). The van der Waals surface area contributed by atoms with Crippen LogP contribution < -0.4 is 5.69 Å². The Labute approximate surface area is 171 Å². The summed E-state index contributed by atoms with van der Waals surface area (Å²) in [6.07, 6.45) is 2.71. The van der Waals surface area contributed by atoms with E-state index in [9.17, 15) is 23.1 Å². The van der Waals surface area contributed by atoms with E-state index in [0.717, 1.165) is 16.7 Å². The molecular weight excluding hydrogens is 421 g/mol. The molecule has 0 unspecified atom stereocenters. The van der Waals surface area contributed by atoms with E-state index in [1.165, 1.54) is 24.4 Å². The highest BCUT2D eigenvalue weighted by atomic mass is 35.5. The third-order valence-electron chi connectivity index (χ3n) is 4.61. The molecule has 10 heteroatoms. The van der Waals surface area contributed by atoms with Crippen molar-refractivity contribution in [2.45, 2.75) is 6.54 Å². The lowest BCUT2D eigenvalue weighted by molar-refractivity contribution is 0.416. The molecular formula is C20H10ClF3N4O2. The van der Waals surface area contributed by atoms with Gasteiger partial charge in [-0.15, -0.1) is 0 Å². The van der Waals surface area contributed by atoms with Crippen LogP contribution in [-0.4, -0.2) is 20.9 Å². The summed E-state index contributed by atoms with van der Waals surface area (Å²) in [6.45, 7) is -0.478. The van der Waals surface area contributed by atoms with Crippen molar-refractivity contribution in [2.24, 2.45) is 4.99 Å². The smallest absolute Gasteiger partial charge is 0.329 e. The fourth-order valence-corrected chi connectivity index (χ4v) is 3.22. The number of hydrogen-bond acceptors (Lipinski definition) is 4. The van der Waals surface area contributed by atoms with Crippen molar-refractivity contribution >= 4 is 35.2 Å². The molecule has 1 aliphatic heterocycles. The van der Waals surface area contributed by atoms with Crippen LogP contribution in [0, 0.1) is 28.8 Å². The predicted octanol–water partition coefficient (Wildman–Crippen LogP) is 4.13. The van der Waals surface area contributed by atoms with Crippen molar-refractivity contribution in [1.82, 2.24) is 9.55 Å². The molecule has 1 aliphatic rings. The predicted molar refractivity (Wildman–Crippen MR) is 104 cm³/mol. The summed E-state index contributed by atoms with van der Waals surface area (Å²) in [5, 5.41) is 19.1. The van der Waals surface area contributed by atoms with Gasteiger partial charge in [-0.1, -0.05) is 23.7 Å². The summed E-state index contributed by atoms with van der Waals surface area (Å²) < 4.78 is 42.8. The fraction of sp³-hybridized carbons (Fsp3) is 0.0500. The summed E-state index contributed by atoms with van der Waals surface area (Å²) in [5.41, 5.74) is -0.666. The van der Waals surface area contributed by atoms with E-state index < -0.39 is 41.1 Å². The van der Waals surface area contributed by atoms with E-state index in [4.69, 9.17) is 16.9 Å². The van der Waals surface area contributed by atoms with Crippen molar-refractivity contribution in [3.05, 3.63) is 79.6 Å². The van der Waals surface area contributed by atoms with Gasteiger partial charge in [-0.3, -0.25) is 9.56 Å². The Balaban J connectivity index is 1.72. The number of allylic oxidation sites excluding steroid dienone is 1. The van der Waals surface area contributed by atoms with Crippen LogP contribution in [0.5, 0.6) is 5.88 Å². The van der Waals surface area contributed by atoms with Gasteiger partial charge in [0.2, 0.25) is 5.88 Å². The molecule has 2 heterocycles. The van der Waals surface area contributed by atoms with Gasteiger partial charge in [0.05, 0.1) is 17.1 Å². The molecule has 6 nitrogen and oxygen atoms in total. The number of benzene rings is 2. The number of nitrogens with zero attached hydrogens (tertiary/aromatic N) is 3. The van der Waals surface area contributed by atoms with Gasteiger partial charge in [-0.25, -0.2) is 18.0 Å². The first kappa shape index (κ1) is 19.5. The molecule has 30 heavy (non-hydrogen) atoms. The van der Waals surface area contributed by atoms with E-state index >= 15 is 0 Å². The van der Waals surface area contributed by atoms with Crippen LogP contribution >= 0.6 is 11.6 Å². The molecule has 0 bridgehead atoms. The summed E-state index contributed by atoms with van der Waals surface area (Å²) in [4.78, 5) is 18.6. The Hall–Kier alpha value is -3.77. The van der Waals surface area contributed by atoms with Crippen molar-refractivity contribution < 1.29 is 18.3 Å². The number of fused-ring (bicyclic) bond motifs is 1. The average molecular weight is 431 g/mol. The number of nitrogens with one attached hydrogen (secondary N) is 1. The first-order chi connectivity index (χ1) is 14.3. The van der Waals surface area contributed by atoms with Crippen LogP contribution in [0.2, 0.25) is 5.02 Å². The van der Waals surface area contributed by atoms with Gasteiger partial charge in [0.1, 0.15) is 17.5 Å². The summed E-state index contributed by atoms with van der Waals surface area (Å²) >= 11 is 5.74. The normalized spacial score (nSPS) is 13.6. The molecule has 150 valence electrons. The van der Waals surface area contributed by atoms with Crippen LogP contribution in [0.4, 0.5) is 18.9 Å². The zero-order valence-corrected chi connectivity index (χ0v) is 15.6. The van der Waals surface area contributed by atoms with Gasteiger partial charge >= 0.3 is 5.69 Å². The minimum Gasteiger partial charge on any atom is -0.493 e. The Morgan fingerprint density at radius 3 is 2.70 bits per heavy atom. The second-order valence-electron chi connectivity index (χ2n) is 6.38. The average Bonchev–Trinajstić information content (AvgIpc) is 3.25. The number of aromatic nitrogens is 2. The Kier molecular flexibility index (Phi) is 4.72. The van der Waals surface area contributed by atoms with E-state index in [-0.39, 0.29) is 22.0 Å². The topological polar surface area (TPSA) is 94.2 Å². The Morgan fingerprint density at radius 1 is 1.20 bits per heavy atom. The minimum absolute atomic E-state index is 0.0285. The monoisotopic (exact) mass is 430 g/mol. The van der Waals surface area contributed by atoms with Crippen molar-refractivity contribution in [1.29, 1.82) is 5.26 Å². The number of imidazole rings is 1. The highest BCUT2D eigenvalue weighted by molar-refractivity contribution is 6.31. The van der Waals surface area contributed by atoms with E-state index in [1.807, 2.05) is 0 Å². The zero-order valence-electron chi connectivity index (χ0n) is 14.9. The van der Waals surface area contributed by atoms with E-state index in [0.29, 0.717) is 11.1 Å². The summed E-state index contributed by atoms with van der Waals surface area (Å²) in [7, 11) is 0. The molecule has 2 aromatic carbocycles. The van der Waals surface area contributed by atoms with E-state index in [2.05, 4.69) is 9.98 Å². The van der Waals surface area contributed by atoms with Crippen molar-refractivity contribution in [3.8, 4) is 11.9 Å². The maximum absolute atomic E-state index is 14.2. The highest BCUT2D eigenvalue weighted by Gasteiger charge is 2.21. The number of aliphatic imine (C=N–C) groups is 1. The second-order valence-corrected chi connectivity index (χ2v) is 6.79. The van der Waals surface area contributed by atoms with Crippen LogP contribution in [0.1, 0.15) is 22.4 Å². The summed E-state index contributed by atoms with van der Waals surface area (Å²) in [5.74, 6) is -3.85. The SMILES string of the molecule is N#Cc1ccc(Cn2c(O)c(/C=C3\C=Nc4c3ccc(Cl)c4F)[nH]c2=O)c(F)c1F. The van der Waals surface area contributed by atoms with Crippen molar-refractivity contribution in [2.75, 3.05) is 0 Å². The molecule has 0 fully saturated rings. The Bertz CT molecular complexity index is 1370. The van der Waals surface area contributed by atoms with Crippen LogP contribution in [-0.2, 0) is 6.54 Å². The fourth-order valence-electron chi connectivity index (χ4n) is 3.07. The second kappa shape index (κ2) is 7.24. The molecule has 1 aromatic heterocycles. The van der Waals surface area contributed by atoms with E-state index in [1.54, 1.807) is 6.07 Å². The maximum atomic E-state index is 14.2. The van der Waals surface area contributed by atoms with Crippen LogP contribution in [0.25, 0.3) is 11.6 Å². The van der Waals surface area contributed by atoms with Gasteiger partial charge < -0.3 is 10.1 Å². The quantitative estimate of drug-likeness (QED) is 0.654. The molecule has 2 N–H and O–H groups in total. The minimum atomic E-state index is -1.33. The highest BCUT2D eigenvalue weighted by Crippen LogP contribution is 2.38. The maximum Gasteiger partial charge on any atom is 0.329 e. The number of halogens is 4. The Morgan fingerprint density at radius 2 is 1.97 bits per heavy atom. The standard InChI is InChI=1S/C20H10ClF3N4O2/c21-13-4-3-12-11(7-26-18(12)17(13)24)5-14-19(29)28(20(30)27-14)8-10-2-1-9(6-25)15(22)16(10)23/h1-5,7,29H,8H2,(H,27,30)/b11-5+. The number of aromatic amines is 1. The lowest BCUT2D eigenvalue weighted by Gasteiger charge is -2.07. The third-order valence-corrected chi connectivity index (χ3v) is 4.90. The van der Waals surface area contributed by atoms with Crippen molar-refractivity contribution in [3.63, 3.8) is 0 Å². The lowest BCUT2D eigenvalue weighted by Crippen LogP contribution is -2.18. The van der Waals surface area contributed by atoms with Gasteiger partial charge in [0.15, 0.2) is 17.5 Å². The number of rotatable bonds is 3. The zero-order chi connectivity index (χ0) is 21.6. The first-order valence-corrected chi connectivity index (χ1v) is 8.82. The molecule has 0 amide bonds. The summed E-state index contributed by atoms with van der Waals surface area (Å²) in [6, 6.07) is 6.65. The molecule has 3 aromatic rings. The number of nitriles is 1. The lowest BCUT2D eigenvalue weighted by atomic mass is 10.1. The van der Waals surface area contributed by atoms with Gasteiger partial charge in [-0.05, 0) is 18.2 Å². The molecule has 0 aliphatic carbocycles. The largest absolute Gasteiger partial charge is 0.493 e. The molecule has 0 saturated carbocycles. The first-order valence-electron chi connectivity index (χ1n) is 8.44. The molecule has 0 saturated heterocycles. The van der Waals surface area contributed by atoms with Gasteiger partial charge in [0, 0.05) is 22.9 Å². The molecule has 0 spiro atoms. The molecule has 0 radical (unpaired) electrons.